The average Bonchev–Trinajstić information content (AvgIpc) is 3.37. The van der Waals surface area contributed by atoms with Gasteiger partial charge in [-0.1, -0.05) is 0 Å². The highest BCUT2D eigenvalue weighted by molar-refractivity contribution is 5.60. The van der Waals surface area contributed by atoms with E-state index in [0.717, 1.165) is 57.9 Å². The van der Waals surface area contributed by atoms with Gasteiger partial charge in [-0.3, -0.25) is 4.90 Å². The maximum atomic E-state index is 14.7. The zero-order valence-corrected chi connectivity index (χ0v) is 23.8. The van der Waals surface area contributed by atoms with E-state index in [-0.39, 0.29) is 40.9 Å². The predicted octanol–water partition coefficient (Wildman–Crippen LogP) is 6.03. The number of fused-ring (bicyclic) bond motifs is 1. The highest BCUT2D eigenvalue weighted by atomic mass is 19.3. The van der Waals surface area contributed by atoms with E-state index in [1.807, 2.05) is 0 Å². The molecule has 4 heterocycles. The fraction of sp³-hybridized carbons (Fsp3) is 0.655. The summed E-state index contributed by atoms with van der Waals surface area (Å²) in [6, 6.07) is 5.76. The molecule has 2 aromatic rings. The molecular weight excluding hydrogens is 521 g/mol. The molecular formula is C29H41F3N6O2. The number of aromatic nitrogens is 2. The van der Waals surface area contributed by atoms with Crippen LogP contribution in [0.3, 0.4) is 0 Å². The third-order valence-electron chi connectivity index (χ3n) is 8.46. The maximum Gasteiger partial charge on any atom is 0.387 e. The molecule has 2 atom stereocenters. The number of alkyl halides is 2. The number of nitrogens with zero attached hydrogens (tertiary/aromatic N) is 4. The van der Waals surface area contributed by atoms with Crippen molar-refractivity contribution in [2.45, 2.75) is 103 Å². The fourth-order valence-corrected chi connectivity index (χ4v) is 6.53. The molecule has 40 heavy (non-hydrogen) atoms. The molecule has 0 aliphatic carbocycles. The Morgan fingerprint density at radius 2 is 1.85 bits per heavy atom. The van der Waals surface area contributed by atoms with Crippen molar-refractivity contribution in [1.29, 1.82) is 0 Å². The second kappa shape index (κ2) is 12.0. The van der Waals surface area contributed by atoms with Crippen LogP contribution in [-0.2, 0) is 0 Å². The number of halogens is 3. The molecule has 5 rings (SSSR count). The van der Waals surface area contributed by atoms with Gasteiger partial charge in [-0.2, -0.15) is 13.8 Å². The average molecular weight is 563 g/mol. The standard InChI is InChI=1S/C29H41F3N6O2/c1-18(2)37-12-9-22(10-13-37)39-24-8-7-19(15-25(24)40-27(31)32)35-28-33-17-23(30)26(36-28)34-20-14-21-6-5-11-38(21)29(3,4)16-20/h7-8,15,17-18,20-22,27H,5-6,9-14,16H2,1-4H3,(H2,33,34,35,36). The quantitative estimate of drug-likeness (QED) is 0.384. The summed E-state index contributed by atoms with van der Waals surface area (Å²) in [6.07, 6.45) is 6.80. The van der Waals surface area contributed by atoms with E-state index < -0.39 is 12.4 Å². The molecule has 1 aromatic carbocycles. The van der Waals surface area contributed by atoms with Crippen molar-refractivity contribution in [1.82, 2.24) is 19.8 Å². The number of piperidine rings is 2. The Morgan fingerprint density at radius 1 is 1.07 bits per heavy atom. The Balaban J connectivity index is 1.27. The van der Waals surface area contributed by atoms with Gasteiger partial charge in [-0.25, -0.2) is 9.37 Å². The van der Waals surface area contributed by atoms with Crippen LogP contribution < -0.4 is 20.1 Å². The molecule has 0 spiro atoms. The van der Waals surface area contributed by atoms with Crippen molar-refractivity contribution in [3.8, 4) is 11.5 Å². The third kappa shape index (κ3) is 6.74. The molecule has 11 heteroatoms. The van der Waals surface area contributed by atoms with E-state index >= 15 is 0 Å². The molecule has 3 aliphatic heterocycles. The fourth-order valence-electron chi connectivity index (χ4n) is 6.53. The number of hydrogen-bond donors (Lipinski definition) is 2. The zero-order chi connectivity index (χ0) is 28.4. The topological polar surface area (TPSA) is 74.8 Å². The van der Waals surface area contributed by atoms with Crippen LogP contribution in [-0.4, -0.2) is 75.8 Å². The summed E-state index contributed by atoms with van der Waals surface area (Å²) < 4.78 is 52.1. The first-order valence-electron chi connectivity index (χ1n) is 14.4. The number of nitrogens with one attached hydrogen (secondary N) is 2. The number of rotatable bonds is 9. The Hall–Kier alpha value is -2.79. The normalized spacial score (nSPS) is 23.8. The lowest BCUT2D eigenvalue weighted by molar-refractivity contribution is -0.0525. The van der Waals surface area contributed by atoms with Gasteiger partial charge in [0.25, 0.3) is 0 Å². The van der Waals surface area contributed by atoms with E-state index in [9.17, 15) is 13.2 Å². The van der Waals surface area contributed by atoms with Gasteiger partial charge in [0.2, 0.25) is 5.95 Å². The van der Waals surface area contributed by atoms with E-state index in [1.165, 1.54) is 12.5 Å². The molecule has 1 aromatic heterocycles. The minimum absolute atomic E-state index is 0.0258. The molecule has 0 amide bonds. The number of hydrogen-bond acceptors (Lipinski definition) is 8. The van der Waals surface area contributed by atoms with Crippen molar-refractivity contribution >= 4 is 17.5 Å². The number of likely N-dealkylation sites (tertiary alicyclic amines) is 1. The lowest BCUT2D eigenvalue weighted by atomic mass is 9.84. The highest BCUT2D eigenvalue weighted by Gasteiger charge is 2.43. The summed E-state index contributed by atoms with van der Waals surface area (Å²) in [5, 5.41) is 6.31. The Labute approximate surface area is 234 Å². The smallest absolute Gasteiger partial charge is 0.387 e. The van der Waals surface area contributed by atoms with E-state index in [0.29, 0.717) is 17.8 Å². The summed E-state index contributed by atoms with van der Waals surface area (Å²) >= 11 is 0. The van der Waals surface area contributed by atoms with Crippen LogP contribution in [0.5, 0.6) is 11.5 Å². The van der Waals surface area contributed by atoms with Crippen molar-refractivity contribution in [3.63, 3.8) is 0 Å². The Kier molecular flexibility index (Phi) is 8.61. The Morgan fingerprint density at radius 3 is 2.58 bits per heavy atom. The highest BCUT2D eigenvalue weighted by Crippen LogP contribution is 2.39. The van der Waals surface area contributed by atoms with E-state index in [1.54, 1.807) is 12.1 Å². The molecule has 3 fully saturated rings. The Bertz CT molecular complexity index is 1160. The van der Waals surface area contributed by atoms with Crippen LogP contribution >= 0.6 is 0 Å². The minimum Gasteiger partial charge on any atom is -0.486 e. The third-order valence-corrected chi connectivity index (χ3v) is 8.46. The molecule has 8 nitrogen and oxygen atoms in total. The van der Waals surface area contributed by atoms with Gasteiger partial charge in [0, 0.05) is 48.5 Å². The van der Waals surface area contributed by atoms with Crippen LogP contribution in [0, 0.1) is 5.82 Å². The van der Waals surface area contributed by atoms with Crippen LogP contribution in [0.1, 0.15) is 66.2 Å². The van der Waals surface area contributed by atoms with Crippen LogP contribution in [0.25, 0.3) is 0 Å². The summed E-state index contributed by atoms with van der Waals surface area (Å²) in [6.45, 7) is 8.68. The first-order chi connectivity index (χ1) is 19.1. The van der Waals surface area contributed by atoms with Gasteiger partial charge in [0.15, 0.2) is 23.1 Å². The monoisotopic (exact) mass is 562 g/mol. The van der Waals surface area contributed by atoms with Gasteiger partial charge in [0.1, 0.15) is 6.10 Å². The molecule has 2 N–H and O–H groups in total. The maximum absolute atomic E-state index is 14.7. The van der Waals surface area contributed by atoms with Crippen molar-refractivity contribution < 1.29 is 22.6 Å². The molecule has 3 saturated heterocycles. The SMILES string of the molecule is CC(C)N1CCC(Oc2ccc(Nc3ncc(F)c(NC4CC5CCCN5C(C)(C)C4)n3)cc2OC(F)F)CC1. The largest absolute Gasteiger partial charge is 0.486 e. The molecule has 0 radical (unpaired) electrons. The number of anilines is 3. The minimum atomic E-state index is -3.01. The summed E-state index contributed by atoms with van der Waals surface area (Å²) in [4.78, 5) is 13.4. The first-order valence-corrected chi connectivity index (χ1v) is 14.4. The molecule has 220 valence electrons. The van der Waals surface area contributed by atoms with Gasteiger partial charge in [0.05, 0.1) is 6.20 Å². The molecule has 2 unspecified atom stereocenters. The van der Waals surface area contributed by atoms with Crippen LogP contribution in [0.2, 0.25) is 0 Å². The van der Waals surface area contributed by atoms with Crippen molar-refractivity contribution in [3.05, 3.63) is 30.2 Å². The summed E-state index contributed by atoms with van der Waals surface area (Å²) in [7, 11) is 0. The van der Waals surface area contributed by atoms with Gasteiger partial charge >= 0.3 is 6.61 Å². The van der Waals surface area contributed by atoms with Crippen molar-refractivity contribution in [2.24, 2.45) is 0 Å². The molecule has 3 aliphatic rings. The van der Waals surface area contributed by atoms with Crippen LogP contribution in [0.15, 0.2) is 24.4 Å². The van der Waals surface area contributed by atoms with Gasteiger partial charge in [-0.05, 0) is 84.9 Å². The van der Waals surface area contributed by atoms with Gasteiger partial charge in [-0.15, -0.1) is 0 Å². The molecule has 0 bridgehead atoms. The first kappa shape index (κ1) is 28.7. The second-order valence-corrected chi connectivity index (χ2v) is 12.1. The zero-order valence-electron chi connectivity index (χ0n) is 23.8. The summed E-state index contributed by atoms with van der Waals surface area (Å²) in [5.74, 6) is -0.0683. The molecule has 0 saturated carbocycles. The summed E-state index contributed by atoms with van der Waals surface area (Å²) in [5.41, 5.74) is 0.452. The van der Waals surface area contributed by atoms with Crippen LogP contribution in [0.4, 0.5) is 30.6 Å². The lowest BCUT2D eigenvalue weighted by Crippen LogP contribution is -2.55. The second-order valence-electron chi connectivity index (χ2n) is 12.1. The van der Waals surface area contributed by atoms with Crippen molar-refractivity contribution in [2.75, 3.05) is 30.3 Å². The number of benzene rings is 1. The van der Waals surface area contributed by atoms with E-state index in [4.69, 9.17) is 9.47 Å². The lowest BCUT2D eigenvalue weighted by Gasteiger charge is -2.47. The van der Waals surface area contributed by atoms with E-state index in [2.05, 4.69) is 58.1 Å². The number of ether oxygens (including phenoxy) is 2. The van der Waals surface area contributed by atoms with Gasteiger partial charge < -0.3 is 25.0 Å². The predicted molar refractivity (Wildman–Crippen MR) is 149 cm³/mol.